The van der Waals surface area contributed by atoms with Crippen molar-refractivity contribution in [3.63, 3.8) is 0 Å². The number of nitrogens with zero attached hydrogens (tertiary/aromatic N) is 1. The Morgan fingerprint density at radius 1 is 1.03 bits per heavy atom. The summed E-state index contributed by atoms with van der Waals surface area (Å²) >= 11 is 1.34. The minimum absolute atomic E-state index is 0. The molecule has 0 amide bonds. The van der Waals surface area contributed by atoms with E-state index in [1.807, 2.05) is 43.3 Å². The number of hydrogen-bond acceptors (Lipinski definition) is 5. The molecule has 0 radical (unpaired) electrons. The number of nitrogens with two attached hydrogens (primary N) is 1. The van der Waals surface area contributed by atoms with E-state index in [4.69, 9.17) is 10.5 Å². The van der Waals surface area contributed by atoms with Crippen LogP contribution in [0.5, 0.6) is 11.6 Å². The number of carboxylic acid groups (broad SMARTS) is 1. The Bertz CT molecular complexity index is 1230. The number of aromatic nitrogens is 1. The van der Waals surface area contributed by atoms with Crippen molar-refractivity contribution >= 4 is 42.1 Å². The highest BCUT2D eigenvalue weighted by molar-refractivity contribution is 7.14. The summed E-state index contributed by atoms with van der Waals surface area (Å²) in [5.74, 6) is 0.101. The van der Waals surface area contributed by atoms with Gasteiger partial charge in [-0.15, -0.1) is 36.2 Å². The van der Waals surface area contributed by atoms with E-state index >= 15 is 0 Å². The summed E-state index contributed by atoms with van der Waals surface area (Å²) in [6.07, 6.45) is 0. The van der Waals surface area contributed by atoms with Gasteiger partial charge in [0.25, 0.3) is 0 Å². The van der Waals surface area contributed by atoms with Gasteiger partial charge in [0.15, 0.2) is 0 Å². The molecule has 4 aromatic rings. The first kappa shape index (κ1) is 25.4. The lowest BCUT2D eigenvalue weighted by molar-refractivity contribution is 0.0698. The van der Waals surface area contributed by atoms with Gasteiger partial charge in [0, 0.05) is 12.6 Å². The zero-order valence-corrected chi connectivity index (χ0v) is 19.6. The molecule has 0 bridgehead atoms. The van der Waals surface area contributed by atoms with Gasteiger partial charge in [0.2, 0.25) is 5.88 Å². The standard InChI is InChI=1S/C24H20N2O3S.2ClH/c1-15-10-18(17-5-2-4-16(12-17)14-25)13-19(11-15)29-22-7-3-6-21(26-22)23-20(24(27)28)8-9-30-23;;/h2-13H,14,25H2,1H3,(H,27,28);2*1H. The van der Waals surface area contributed by atoms with E-state index < -0.39 is 5.97 Å². The van der Waals surface area contributed by atoms with Crippen LogP contribution < -0.4 is 10.5 Å². The van der Waals surface area contributed by atoms with Gasteiger partial charge in [0.05, 0.1) is 16.1 Å². The molecule has 0 aliphatic carbocycles. The minimum Gasteiger partial charge on any atom is -0.478 e. The number of rotatable bonds is 6. The fourth-order valence-electron chi connectivity index (χ4n) is 3.25. The zero-order chi connectivity index (χ0) is 21.1. The third-order valence-corrected chi connectivity index (χ3v) is 5.56. The molecule has 3 N–H and O–H groups in total. The van der Waals surface area contributed by atoms with E-state index in [2.05, 4.69) is 17.1 Å². The number of halogens is 2. The Kier molecular flexibility index (Phi) is 8.80. The summed E-state index contributed by atoms with van der Waals surface area (Å²) in [5.41, 5.74) is 10.8. The second-order valence-electron chi connectivity index (χ2n) is 6.87. The van der Waals surface area contributed by atoms with Gasteiger partial charge in [-0.3, -0.25) is 0 Å². The average molecular weight is 489 g/mol. The van der Waals surface area contributed by atoms with Gasteiger partial charge >= 0.3 is 5.97 Å². The highest BCUT2D eigenvalue weighted by atomic mass is 35.5. The number of carboxylic acids is 1. The number of aromatic carboxylic acids is 1. The lowest BCUT2D eigenvalue weighted by Gasteiger charge is -2.11. The van der Waals surface area contributed by atoms with Crippen molar-refractivity contribution < 1.29 is 14.6 Å². The number of pyridine rings is 1. The number of ether oxygens (including phenoxy) is 1. The molecule has 0 aliphatic heterocycles. The van der Waals surface area contributed by atoms with Crippen molar-refractivity contribution in [3.8, 4) is 33.3 Å². The van der Waals surface area contributed by atoms with Crippen LogP contribution in [0.2, 0.25) is 0 Å². The fraction of sp³-hybridized carbons (Fsp3) is 0.0833. The predicted molar refractivity (Wildman–Crippen MR) is 134 cm³/mol. The molecule has 5 nitrogen and oxygen atoms in total. The molecule has 0 aliphatic rings. The fourth-order valence-corrected chi connectivity index (χ4v) is 4.10. The molecule has 0 saturated heterocycles. The molecular formula is C24H22Cl2N2O3S. The van der Waals surface area contributed by atoms with Crippen LogP contribution in [0.4, 0.5) is 0 Å². The lowest BCUT2D eigenvalue weighted by atomic mass is 10.0. The van der Waals surface area contributed by atoms with Gasteiger partial charge in [-0.2, -0.15) is 0 Å². The van der Waals surface area contributed by atoms with Crippen molar-refractivity contribution in [2.75, 3.05) is 0 Å². The quantitative estimate of drug-likeness (QED) is 0.320. The highest BCUT2D eigenvalue weighted by Gasteiger charge is 2.15. The maximum atomic E-state index is 11.4. The largest absolute Gasteiger partial charge is 0.478 e. The van der Waals surface area contributed by atoms with Crippen LogP contribution in [-0.2, 0) is 6.54 Å². The van der Waals surface area contributed by atoms with Gasteiger partial charge < -0.3 is 15.6 Å². The summed E-state index contributed by atoms with van der Waals surface area (Å²) in [6.45, 7) is 2.50. The third-order valence-electron chi connectivity index (χ3n) is 4.62. The maximum absolute atomic E-state index is 11.4. The molecule has 32 heavy (non-hydrogen) atoms. The molecule has 0 saturated carbocycles. The predicted octanol–water partition coefficient (Wildman–Crippen LogP) is 6.58. The molecule has 2 aromatic heterocycles. The average Bonchev–Trinajstić information content (AvgIpc) is 3.24. The maximum Gasteiger partial charge on any atom is 0.337 e. The molecule has 0 unspecified atom stereocenters. The Morgan fingerprint density at radius 2 is 1.81 bits per heavy atom. The molecule has 0 fully saturated rings. The van der Waals surface area contributed by atoms with E-state index in [-0.39, 0.29) is 30.4 Å². The van der Waals surface area contributed by atoms with Crippen LogP contribution in [0.15, 0.2) is 72.1 Å². The summed E-state index contributed by atoms with van der Waals surface area (Å²) in [7, 11) is 0. The molecule has 2 aromatic carbocycles. The number of hydrogen-bond donors (Lipinski definition) is 2. The van der Waals surface area contributed by atoms with Crippen molar-refractivity contribution in [1.29, 1.82) is 0 Å². The van der Waals surface area contributed by atoms with E-state index in [0.717, 1.165) is 22.3 Å². The van der Waals surface area contributed by atoms with Crippen LogP contribution in [0.1, 0.15) is 21.5 Å². The second-order valence-corrected chi connectivity index (χ2v) is 7.79. The summed E-state index contributed by atoms with van der Waals surface area (Å²) in [6, 6.07) is 21.0. The molecular weight excluding hydrogens is 467 g/mol. The summed E-state index contributed by atoms with van der Waals surface area (Å²) in [4.78, 5) is 16.6. The third kappa shape index (κ3) is 5.66. The SMILES string of the molecule is Cc1cc(Oc2cccc(-c3sccc3C(=O)O)n2)cc(-c2cccc(CN)c2)c1.Cl.Cl. The molecule has 166 valence electrons. The molecule has 0 spiro atoms. The van der Waals surface area contributed by atoms with Crippen molar-refractivity contribution in [2.24, 2.45) is 5.73 Å². The van der Waals surface area contributed by atoms with E-state index in [1.54, 1.807) is 23.6 Å². The number of carbonyl (C=O) groups is 1. The first-order chi connectivity index (χ1) is 14.5. The Morgan fingerprint density at radius 3 is 2.56 bits per heavy atom. The van der Waals surface area contributed by atoms with Crippen molar-refractivity contribution in [3.05, 3.63) is 88.8 Å². The summed E-state index contributed by atoms with van der Waals surface area (Å²) in [5, 5.41) is 11.1. The van der Waals surface area contributed by atoms with Crippen LogP contribution >= 0.6 is 36.2 Å². The normalized spacial score (nSPS) is 10.1. The van der Waals surface area contributed by atoms with Gasteiger partial charge in [-0.1, -0.05) is 30.3 Å². The number of aryl methyl sites for hydroxylation is 1. The highest BCUT2D eigenvalue weighted by Crippen LogP contribution is 2.32. The zero-order valence-electron chi connectivity index (χ0n) is 17.1. The van der Waals surface area contributed by atoms with Gasteiger partial charge in [-0.25, -0.2) is 9.78 Å². The molecule has 0 atom stereocenters. The van der Waals surface area contributed by atoms with Crippen molar-refractivity contribution in [1.82, 2.24) is 4.98 Å². The summed E-state index contributed by atoms with van der Waals surface area (Å²) < 4.78 is 6.04. The Hall–Kier alpha value is -2.90. The lowest BCUT2D eigenvalue weighted by Crippen LogP contribution is -1.97. The van der Waals surface area contributed by atoms with Crippen LogP contribution in [0, 0.1) is 6.92 Å². The molecule has 4 rings (SSSR count). The Balaban J connectivity index is 0.00000181. The smallest absolute Gasteiger partial charge is 0.337 e. The number of benzene rings is 2. The van der Waals surface area contributed by atoms with Gasteiger partial charge in [-0.05, 0) is 64.9 Å². The Labute approximate surface area is 202 Å². The van der Waals surface area contributed by atoms with Gasteiger partial charge in [0.1, 0.15) is 5.75 Å². The first-order valence-corrected chi connectivity index (χ1v) is 10.3. The monoisotopic (exact) mass is 488 g/mol. The van der Waals surface area contributed by atoms with E-state index in [1.165, 1.54) is 11.3 Å². The van der Waals surface area contributed by atoms with Crippen molar-refractivity contribution in [2.45, 2.75) is 13.5 Å². The molecule has 8 heteroatoms. The number of thiophene rings is 1. The minimum atomic E-state index is -0.970. The topological polar surface area (TPSA) is 85.4 Å². The van der Waals surface area contributed by atoms with E-state index in [9.17, 15) is 9.90 Å². The first-order valence-electron chi connectivity index (χ1n) is 9.40. The van der Waals surface area contributed by atoms with E-state index in [0.29, 0.717) is 28.7 Å². The van der Waals surface area contributed by atoms with Crippen LogP contribution in [0.25, 0.3) is 21.7 Å². The molecule has 2 heterocycles. The van der Waals surface area contributed by atoms with Crippen LogP contribution in [0.3, 0.4) is 0 Å². The van der Waals surface area contributed by atoms with Crippen LogP contribution in [-0.4, -0.2) is 16.1 Å². The second kappa shape index (κ2) is 11.1.